The van der Waals surface area contributed by atoms with E-state index in [1.807, 2.05) is 29.2 Å². The summed E-state index contributed by atoms with van der Waals surface area (Å²) in [6.07, 6.45) is 0.229. The van der Waals surface area contributed by atoms with Gasteiger partial charge in [0.05, 0.1) is 5.52 Å². The average molecular weight is 471 g/mol. The van der Waals surface area contributed by atoms with Crippen LogP contribution >= 0.6 is 11.6 Å². The third kappa shape index (κ3) is 5.26. The Morgan fingerprint density at radius 2 is 1.67 bits per heavy atom. The molecule has 0 unspecified atom stereocenters. The number of nitrogens with one attached hydrogen (secondary N) is 1. The summed E-state index contributed by atoms with van der Waals surface area (Å²) in [7, 11) is 3.31. The van der Waals surface area contributed by atoms with E-state index in [4.69, 9.17) is 11.6 Å². The van der Waals surface area contributed by atoms with Gasteiger partial charge in [-0.3, -0.25) is 23.6 Å². The van der Waals surface area contributed by atoms with Gasteiger partial charge in [0.15, 0.2) is 5.65 Å². The number of rotatable bonds is 6. The van der Waals surface area contributed by atoms with Gasteiger partial charge in [-0.1, -0.05) is 23.7 Å². The summed E-state index contributed by atoms with van der Waals surface area (Å²) >= 11 is 5.94. The molecule has 9 nitrogen and oxygen atoms in total. The number of carbonyl (C=O) groups excluding carboxylic acids is 2. The maximum absolute atomic E-state index is 12.6. The molecule has 1 fully saturated rings. The molecule has 1 aliphatic heterocycles. The van der Waals surface area contributed by atoms with E-state index in [1.54, 1.807) is 26.2 Å². The van der Waals surface area contributed by atoms with E-state index in [-0.39, 0.29) is 30.3 Å². The third-order valence-corrected chi connectivity index (χ3v) is 6.24. The second-order valence-corrected chi connectivity index (χ2v) is 8.71. The summed E-state index contributed by atoms with van der Waals surface area (Å²) in [6.45, 7) is 3.70. The number of anilines is 1. The van der Waals surface area contributed by atoms with Crippen LogP contribution in [0.15, 0.2) is 41.2 Å². The van der Waals surface area contributed by atoms with Gasteiger partial charge in [0.1, 0.15) is 5.82 Å². The van der Waals surface area contributed by atoms with Gasteiger partial charge >= 0.3 is 5.69 Å². The molecule has 1 saturated heterocycles. The highest BCUT2D eigenvalue weighted by Crippen LogP contribution is 2.15. The summed E-state index contributed by atoms with van der Waals surface area (Å²) < 4.78 is 2.93. The number of benzene rings is 1. The van der Waals surface area contributed by atoms with Crippen molar-refractivity contribution in [1.29, 1.82) is 0 Å². The molecule has 3 heterocycles. The van der Waals surface area contributed by atoms with Gasteiger partial charge < -0.3 is 10.2 Å². The first-order valence-corrected chi connectivity index (χ1v) is 11.3. The van der Waals surface area contributed by atoms with Gasteiger partial charge in [-0.2, -0.15) is 0 Å². The van der Waals surface area contributed by atoms with Gasteiger partial charge in [-0.15, -0.1) is 0 Å². The Balaban J connectivity index is 1.24. The SMILES string of the molecule is Cn1c(=O)n(C)c2nc(NC(=O)CCC(=O)N3CCN(Cc4ccc(Cl)cc4)CC3)ccc21. The van der Waals surface area contributed by atoms with Gasteiger partial charge in [-0.25, -0.2) is 9.78 Å². The van der Waals surface area contributed by atoms with Crippen LogP contribution in [0.5, 0.6) is 0 Å². The number of pyridine rings is 1. The number of amides is 2. The number of carbonyl (C=O) groups is 2. The number of nitrogens with zero attached hydrogens (tertiary/aromatic N) is 5. The smallest absolute Gasteiger partial charge is 0.329 e. The van der Waals surface area contributed by atoms with E-state index in [1.165, 1.54) is 14.7 Å². The molecule has 33 heavy (non-hydrogen) atoms. The zero-order valence-electron chi connectivity index (χ0n) is 18.8. The van der Waals surface area contributed by atoms with Crippen molar-refractivity contribution < 1.29 is 9.59 Å². The van der Waals surface area contributed by atoms with Crippen LogP contribution in [0, 0.1) is 0 Å². The van der Waals surface area contributed by atoms with Gasteiger partial charge in [0.25, 0.3) is 0 Å². The Kier molecular flexibility index (Phi) is 6.80. The minimum atomic E-state index is -0.280. The van der Waals surface area contributed by atoms with Crippen LogP contribution in [0.2, 0.25) is 5.02 Å². The van der Waals surface area contributed by atoms with Crippen LogP contribution < -0.4 is 11.0 Å². The molecule has 2 amide bonds. The van der Waals surface area contributed by atoms with E-state index in [9.17, 15) is 14.4 Å². The van der Waals surface area contributed by atoms with E-state index in [0.29, 0.717) is 30.1 Å². The molecule has 1 aromatic carbocycles. The highest BCUT2D eigenvalue weighted by molar-refractivity contribution is 6.30. The molecule has 10 heteroatoms. The number of fused-ring (bicyclic) bond motifs is 1. The van der Waals surface area contributed by atoms with Crippen molar-refractivity contribution in [2.75, 3.05) is 31.5 Å². The molecule has 174 valence electrons. The van der Waals surface area contributed by atoms with Crippen LogP contribution in [0.1, 0.15) is 18.4 Å². The van der Waals surface area contributed by atoms with Crippen molar-refractivity contribution in [2.45, 2.75) is 19.4 Å². The molecule has 3 aromatic rings. The largest absolute Gasteiger partial charge is 0.340 e. The molecular formula is C23H27ClN6O3. The Morgan fingerprint density at radius 1 is 0.970 bits per heavy atom. The molecule has 0 bridgehead atoms. The summed E-state index contributed by atoms with van der Waals surface area (Å²) in [5.41, 5.74) is 2.19. The molecule has 0 aliphatic carbocycles. The Morgan fingerprint density at radius 3 is 2.36 bits per heavy atom. The fourth-order valence-electron chi connectivity index (χ4n) is 4.03. The lowest BCUT2D eigenvalue weighted by molar-refractivity contribution is -0.134. The Bertz CT molecular complexity index is 1230. The lowest BCUT2D eigenvalue weighted by Crippen LogP contribution is -2.48. The first-order valence-electron chi connectivity index (χ1n) is 10.9. The number of aryl methyl sites for hydroxylation is 2. The number of hydrogen-bond acceptors (Lipinski definition) is 5. The first kappa shape index (κ1) is 23.0. The Labute approximate surface area is 196 Å². The first-order chi connectivity index (χ1) is 15.8. The predicted molar refractivity (Wildman–Crippen MR) is 127 cm³/mol. The lowest BCUT2D eigenvalue weighted by Gasteiger charge is -2.34. The van der Waals surface area contributed by atoms with Crippen molar-refractivity contribution in [2.24, 2.45) is 14.1 Å². The Hall–Kier alpha value is -3.17. The maximum Gasteiger partial charge on any atom is 0.329 e. The topological polar surface area (TPSA) is 92.5 Å². The molecule has 0 spiro atoms. The maximum atomic E-state index is 12.6. The molecule has 0 atom stereocenters. The van der Waals surface area contributed by atoms with Crippen molar-refractivity contribution in [3.63, 3.8) is 0 Å². The predicted octanol–water partition coefficient (Wildman–Crippen LogP) is 1.99. The number of aromatic nitrogens is 3. The normalized spacial score (nSPS) is 14.6. The zero-order chi connectivity index (χ0) is 23.5. The lowest BCUT2D eigenvalue weighted by atomic mass is 10.2. The summed E-state index contributed by atoms with van der Waals surface area (Å²) in [5.74, 6) is 0.0552. The summed E-state index contributed by atoms with van der Waals surface area (Å²) in [4.78, 5) is 45.4. The van der Waals surface area contributed by atoms with E-state index in [2.05, 4.69) is 15.2 Å². The standard InChI is InChI=1S/C23H27ClN6O3/c1-27-18-7-8-19(26-22(18)28(2)23(27)33)25-20(31)9-10-21(32)30-13-11-29(12-14-30)15-16-3-5-17(24)6-4-16/h3-8H,9-15H2,1-2H3,(H,25,26,31). The second-order valence-electron chi connectivity index (χ2n) is 8.27. The quantitative estimate of drug-likeness (QED) is 0.594. The summed E-state index contributed by atoms with van der Waals surface area (Å²) in [6, 6.07) is 11.2. The van der Waals surface area contributed by atoms with Crippen LogP contribution in [0.25, 0.3) is 11.2 Å². The fourth-order valence-corrected chi connectivity index (χ4v) is 4.15. The van der Waals surface area contributed by atoms with Crippen LogP contribution in [-0.4, -0.2) is 61.9 Å². The number of hydrogen-bond donors (Lipinski definition) is 1. The van der Waals surface area contributed by atoms with Gasteiger partial charge in [0.2, 0.25) is 11.8 Å². The number of piperazine rings is 1. The molecule has 1 aliphatic rings. The molecule has 2 aromatic heterocycles. The minimum absolute atomic E-state index is 0.0230. The van der Waals surface area contributed by atoms with E-state index in [0.717, 1.165) is 24.7 Å². The van der Waals surface area contributed by atoms with Crippen LogP contribution in [0.4, 0.5) is 5.82 Å². The van der Waals surface area contributed by atoms with Crippen molar-refractivity contribution in [3.05, 3.63) is 57.5 Å². The second kappa shape index (κ2) is 9.76. The average Bonchev–Trinajstić information content (AvgIpc) is 3.03. The highest BCUT2D eigenvalue weighted by atomic mass is 35.5. The van der Waals surface area contributed by atoms with E-state index >= 15 is 0 Å². The monoisotopic (exact) mass is 470 g/mol. The number of imidazole rings is 1. The van der Waals surface area contributed by atoms with Crippen molar-refractivity contribution in [1.82, 2.24) is 23.9 Å². The van der Waals surface area contributed by atoms with Gasteiger partial charge in [0, 0.05) is 64.7 Å². The minimum Gasteiger partial charge on any atom is -0.340 e. The molecule has 0 radical (unpaired) electrons. The summed E-state index contributed by atoms with van der Waals surface area (Å²) in [5, 5.41) is 3.45. The zero-order valence-corrected chi connectivity index (χ0v) is 19.5. The molecular weight excluding hydrogens is 444 g/mol. The van der Waals surface area contributed by atoms with E-state index < -0.39 is 0 Å². The highest BCUT2D eigenvalue weighted by Gasteiger charge is 2.21. The van der Waals surface area contributed by atoms with Crippen LogP contribution in [-0.2, 0) is 30.2 Å². The van der Waals surface area contributed by atoms with Crippen molar-refractivity contribution in [3.8, 4) is 0 Å². The van der Waals surface area contributed by atoms with Crippen molar-refractivity contribution >= 4 is 40.4 Å². The number of halogens is 1. The van der Waals surface area contributed by atoms with Gasteiger partial charge in [-0.05, 0) is 29.8 Å². The molecule has 0 saturated carbocycles. The molecule has 4 rings (SSSR count). The molecule has 1 N–H and O–H groups in total. The van der Waals surface area contributed by atoms with Crippen LogP contribution in [0.3, 0.4) is 0 Å². The third-order valence-electron chi connectivity index (χ3n) is 5.99. The fraction of sp³-hybridized carbons (Fsp3) is 0.391.